The summed E-state index contributed by atoms with van der Waals surface area (Å²) in [6.07, 6.45) is 0. The zero-order valence-corrected chi connectivity index (χ0v) is 13.3. The van der Waals surface area contributed by atoms with Gasteiger partial charge in [0.2, 0.25) is 0 Å². The molecule has 0 saturated carbocycles. The van der Waals surface area contributed by atoms with Gasteiger partial charge in [0.15, 0.2) is 5.13 Å². The fourth-order valence-electron chi connectivity index (χ4n) is 2.03. The van der Waals surface area contributed by atoms with Crippen LogP contribution in [0.4, 0.5) is 5.13 Å². The highest BCUT2D eigenvalue weighted by Crippen LogP contribution is 2.23. The van der Waals surface area contributed by atoms with Gasteiger partial charge in [0.1, 0.15) is 0 Å². The third-order valence-corrected chi connectivity index (χ3v) is 3.95. The number of rotatable bonds is 5. The average molecular weight is 291 g/mol. The van der Waals surface area contributed by atoms with Crippen molar-refractivity contribution in [2.24, 2.45) is 5.92 Å². The van der Waals surface area contributed by atoms with Crippen molar-refractivity contribution in [2.45, 2.75) is 34.2 Å². The second-order valence-electron chi connectivity index (χ2n) is 5.25. The largest absolute Gasteiger partial charge is 0.361 e. The molecule has 20 heavy (non-hydrogen) atoms. The molecule has 0 aliphatic heterocycles. The van der Waals surface area contributed by atoms with E-state index in [1.807, 2.05) is 31.4 Å². The van der Waals surface area contributed by atoms with Gasteiger partial charge < -0.3 is 9.88 Å². The molecule has 2 aromatic rings. The maximum atomic E-state index is 12.4. The minimum absolute atomic E-state index is 0.0354. The Morgan fingerprint density at radius 3 is 2.80 bits per heavy atom. The maximum absolute atomic E-state index is 12.4. The topological polar surface area (TPSA) is 46.9 Å². The Morgan fingerprint density at radius 1 is 1.40 bits per heavy atom. The number of thiazole rings is 1. The Bertz CT molecular complexity index is 643. The van der Waals surface area contributed by atoms with E-state index in [4.69, 9.17) is 0 Å². The Kier molecular flexibility index (Phi) is 4.60. The fourth-order valence-corrected chi connectivity index (χ4v) is 2.75. The number of aryl methyl sites for hydroxylation is 1. The van der Waals surface area contributed by atoms with Crippen LogP contribution in [0.5, 0.6) is 0 Å². The summed E-state index contributed by atoms with van der Waals surface area (Å²) >= 11 is 1.54. The van der Waals surface area contributed by atoms with Gasteiger partial charge in [-0.1, -0.05) is 13.8 Å². The molecule has 0 aromatic carbocycles. The molecular weight excluding hydrogens is 270 g/mol. The number of nitrogens with zero attached hydrogens (tertiary/aromatic N) is 2. The van der Waals surface area contributed by atoms with Gasteiger partial charge in [-0.25, -0.2) is 4.98 Å². The molecule has 0 radical (unpaired) electrons. The zero-order valence-electron chi connectivity index (χ0n) is 12.4. The van der Waals surface area contributed by atoms with Crippen molar-refractivity contribution >= 4 is 16.5 Å². The molecule has 2 rings (SSSR count). The fraction of sp³-hybridized carbons (Fsp3) is 0.467. The van der Waals surface area contributed by atoms with Crippen LogP contribution >= 0.6 is 11.3 Å². The molecule has 1 N–H and O–H groups in total. The summed E-state index contributed by atoms with van der Waals surface area (Å²) in [5.74, 6) is 0.569. The van der Waals surface area contributed by atoms with Crippen molar-refractivity contribution < 1.29 is 0 Å². The molecule has 0 fully saturated rings. The van der Waals surface area contributed by atoms with Crippen LogP contribution < -0.4 is 10.9 Å². The second kappa shape index (κ2) is 6.22. The molecular formula is C15H21N3OS. The highest BCUT2D eigenvalue weighted by Gasteiger charge is 2.11. The lowest BCUT2D eigenvalue weighted by molar-refractivity contribution is 0.688. The number of hydrogen-bond donors (Lipinski definition) is 1. The van der Waals surface area contributed by atoms with Gasteiger partial charge in [0.05, 0.1) is 11.3 Å². The average Bonchev–Trinajstić information content (AvgIpc) is 2.85. The van der Waals surface area contributed by atoms with Crippen LogP contribution in [-0.4, -0.2) is 16.1 Å². The highest BCUT2D eigenvalue weighted by atomic mass is 32.1. The standard InChI is InChI=1S/C15H21N3OS/c1-5-18-11(4)6-7-12(14(18)19)13-9-20-15(17-13)16-8-10(2)3/h6-7,9-10H,5,8H2,1-4H3,(H,16,17). The molecule has 4 nitrogen and oxygen atoms in total. The number of pyridine rings is 1. The van der Waals surface area contributed by atoms with E-state index in [0.29, 0.717) is 18.0 Å². The first-order valence-electron chi connectivity index (χ1n) is 6.93. The molecule has 0 amide bonds. The SMILES string of the molecule is CCn1c(C)ccc(-c2csc(NCC(C)C)n2)c1=O. The van der Waals surface area contributed by atoms with Gasteiger partial charge >= 0.3 is 0 Å². The minimum Gasteiger partial charge on any atom is -0.361 e. The first-order chi connectivity index (χ1) is 9.52. The lowest BCUT2D eigenvalue weighted by atomic mass is 10.2. The Hall–Kier alpha value is -1.62. The van der Waals surface area contributed by atoms with E-state index in [9.17, 15) is 4.79 Å². The number of nitrogens with one attached hydrogen (secondary N) is 1. The van der Waals surface area contributed by atoms with E-state index in [2.05, 4.69) is 24.1 Å². The molecule has 0 aliphatic carbocycles. The molecule has 2 aromatic heterocycles. The van der Waals surface area contributed by atoms with Crippen LogP contribution in [0.25, 0.3) is 11.3 Å². The summed E-state index contributed by atoms with van der Waals surface area (Å²) in [6, 6.07) is 3.84. The molecule has 108 valence electrons. The summed E-state index contributed by atoms with van der Waals surface area (Å²) in [5.41, 5.74) is 2.45. The molecule has 0 bridgehead atoms. The van der Waals surface area contributed by atoms with Gasteiger partial charge in [0.25, 0.3) is 5.56 Å². The quantitative estimate of drug-likeness (QED) is 0.918. The summed E-state index contributed by atoms with van der Waals surface area (Å²) in [7, 11) is 0. The lowest BCUT2D eigenvalue weighted by Gasteiger charge is -2.08. The van der Waals surface area contributed by atoms with Crippen molar-refractivity contribution in [2.75, 3.05) is 11.9 Å². The Labute approximate surface area is 123 Å². The van der Waals surface area contributed by atoms with Crippen LogP contribution in [0, 0.1) is 12.8 Å². The van der Waals surface area contributed by atoms with Crippen LogP contribution in [-0.2, 0) is 6.54 Å². The maximum Gasteiger partial charge on any atom is 0.260 e. The van der Waals surface area contributed by atoms with Crippen molar-refractivity contribution in [3.05, 3.63) is 33.6 Å². The van der Waals surface area contributed by atoms with Gasteiger partial charge in [-0.15, -0.1) is 11.3 Å². The third-order valence-electron chi connectivity index (χ3n) is 3.15. The van der Waals surface area contributed by atoms with E-state index in [1.165, 1.54) is 0 Å². The van der Waals surface area contributed by atoms with Crippen molar-refractivity contribution in [1.29, 1.82) is 0 Å². The zero-order chi connectivity index (χ0) is 14.7. The first kappa shape index (κ1) is 14.8. The van der Waals surface area contributed by atoms with E-state index in [1.54, 1.807) is 15.9 Å². The van der Waals surface area contributed by atoms with E-state index in [0.717, 1.165) is 23.1 Å². The van der Waals surface area contributed by atoms with Gasteiger partial charge in [-0.3, -0.25) is 4.79 Å². The Morgan fingerprint density at radius 2 is 2.15 bits per heavy atom. The van der Waals surface area contributed by atoms with Crippen molar-refractivity contribution in [3.8, 4) is 11.3 Å². The molecule has 0 unspecified atom stereocenters. The highest BCUT2D eigenvalue weighted by molar-refractivity contribution is 7.14. The van der Waals surface area contributed by atoms with Crippen molar-refractivity contribution in [1.82, 2.24) is 9.55 Å². The summed E-state index contributed by atoms with van der Waals surface area (Å²) in [6.45, 7) is 9.81. The molecule has 0 spiro atoms. The number of aromatic nitrogens is 2. The van der Waals surface area contributed by atoms with Crippen LogP contribution in [0.1, 0.15) is 26.5 Å². The van der Waals surface area contributed by atoms with E-state index < -0.39 is 0 Å². The van der Waals surface area contributed by atoms with Crippen LogP contribution in [0.2, 0.25) is 0 Å². The van der Waals surface area contributed by atoms with Crippen LogP contribution in [0.15, 0.2) is 22.3 Å². The van der Waals surface area contributed by atoms with Gasteiger partial charge in [0, 0.05) is 24.2 Å². The number of anilines is 1. The lowest BCUT2D eigenvalue weighted by Crippen LogP contribution is -2.22. The molecule has 5 heteroatoms. The van der Waals surface area contributed by atoms with Gasteiger partial charge in [-0.05, 0) is 31.9 Å². The molecule has 0 saturated heterocycles. The van der Waals surface area contributed by atoms with Crippen LogP contribution in [0.3, 0.4) is 0 Å². The summed E-state index contributed by atoms with van der Waals surface area (Å²) < 4.78 is 1.77. The smallest absolute Gasteiger partial charge is 0.260 e. The van der Waals surface area contributed by atoms with E-state index in [-0.39, 0.29) is 5.56 Å². The normalized spacial score (nSPS) is 11.1. The van der Waals surface area contributed by atoms with E-state index >= 15 is 0 Å². The monoisotopic (exact) mass is 291 g/mol. The summed E-state index contributed by atoms with van der Waals surface area (Å²) in [5, 5.41) is 6.10. The van der Waals surface area contributed by atoms with Crippen molar-refractivity contribution in [3.63, 3.8) is 0 Å². The third kappa shape index (κ3) is 3.10. The molecule has 2 heterocycles. The Balaban J connectivity index is 2.31. The summed E-state index contributed by atoms with van der Waals surface area (Å²) in [4.78, 5) is 16.9. The molecule has 0 atom stereocenters. The minimum atomic E-state index is 0.0354. The predicted molar refractivity (Wildman–Crippen MR) is 85.5 cm³/mol. The van der Waals surface area contributed by atoms with Gasteiger partial charge in [-0.2, -0.15) is 0 Å². The first-order valence-corrected chi connectivity index (χ1v) is 7.81. The number of hydrogen-bond acceptors (Lipinski definition) is 4. The second-order valence-corrected chi connectivity index (χ2v) is 6.11. The predicted octanol–water partition coefficient (Wildman–Crippen LogP) is 3.37. The molecule has 0 aliphatic rings.